The maximum absolute atomic E-state index is 13.2. The predicted molar refractivity (Wildman–Crippen MR) is 136 cm³/mol. The number of imide groups is 1. The van der Waals surface area contributed by atoms with Crippen LogP contribution in [-0.2, 0) is 9.53 Å². The molecule has 0 atom stereocenters. The molecule has 0 aromatic heterocycles. The number of carbonyl (C=O) groups excluding carboxylic acids is 3. The molecule has 3 aliphatic rings. The summed E-state index contributed by atoms with van der Waals surface area (Å²) >= 11 is 6.32. The molecule has 1 aromatic carbocycles. The van der Waals surface area contributed by atoms with Crippen molar-refractivity contribution in [3.05, 3.63) is 28.8 Å². The lowest BCUT2D eigenvalue weighted by atomic mass is 10.0. The van der Waals surface area contributed by atoms with E-state index in [4.69, 9.17) is 16.3 Å². The van der Waals surface area contributed by atoms with Crippen LogP contribution in [0.2, 0.25) is 5.02 Å². The number of hydrogen-bond acceptors (Lipinski definition) is 5. The van der Waals surface area contributed by atoms with Gasteiger partial charge in [-0.05, 0) is 62.8 Å². The summed E-state index contributed by atoms with van der Waals surface area (Å²) in [5.74, 6) is 0.357. The van der Waals surface area contributed by atoms with Gasteiger partial charge < -0.3 is 14.5 Å². The number of carbonyl (C=O) groups is 3. The third kappa shape index (κ3) is 6.74. The van der Waals surface area contributed by atoms with E-state index in [0.29, 0.717) is 35.5 Å². The Bertz CT molecular complexity index is 924. The molecule has 4 amide bonds. The number of halogens is 1. The molecule has 0 bridgehead atoms. The molecule has 3 heterocycles. The zero-order valence-electron chi connectivity index (χ0n) is 20.8. The lowest BCUT2D eigenvalue weighted by Gasteiger charge is -2.37. The first-order chi connectivity index (χ1) is 16.8. The summed E-state index contributed by atoms with van der Waals surface area (Å²) in [5.41, 5.74) is 0.933. The number of nitrogens with zero attached hydrogens (tertiary/aromatic N) is 3. The van der Waals surface area contributed by atoms with Crippen LogP contribution in [0.3, 0.4) is 0 Å². The van der Waals surface area contributed by atoms with Gasteiger partial charge in [0, 0.05) is 44.7 Å². The largest absolute Gasteiger partial charge is 0.375 e. The summed E-state index contributed by atoms with van der Waals surface area (Å²) in [6.07, 6.45) is 5.79. The normalized spacial score (nSPS) is 21.0. The molecular weight excluding hydrogens is 468 g/mol. The van der Waals surface area contributed by atoms with E-state index in [9.17, 15) is 14.4 Å². The number of nitrogens with one attached hydrogen (secondary N) is 1. The molecule has 0 spiro atoms. The molecule has 9 heteroatoms. The van der Waals surface area contributed by atoms with Crippen molar-refractivity contribution < 1.29 is 19.1 Å². The van der Waals surface area contributed by atoms with Crippen molar-refractivity contribution in [1.29, 1.82) is 0 Å². The zero-order valence-corrected chi connectivity index (χ0v) is 21.6. The van der Waals surface area contributed by atoms with Gasteiger partial charge in [-0.25, -0.2) is 4.79 Å². The maximum atomic E-state index is 13.2. The molecule has 3 aliphatic heterocycles. The van der Waals surface area contributed by atoms with Gasteiger partial charge in [0.15, 0.2) is 0 Å². The molecule has 0 radical (unpaired) electrons. The molecule has 1 N–H and O–H groups in total. The number of hydrogen-bond donors (Lipinski definition) is 1. The van der Waals surface area contributed by atoms with Crippen molar-refractivity contribution in [1.82, 2.24) is 15.1 Å². The highest BCUT2D eigenvalue weighted by Gasteiger charge is 2.30. The molecule has 4 rings (SSSR count). The Balaban J connectivity index is 1.27. The number of ether oxygens (including phenoxy) is 1. The van der Waals surface area contributed by atoms with Crippen LogP contribution in [0.1, 0.15) is 62.7 Å². The van der Waals surface area contributed by atoms with Crippen molar-refractivity contribution in [2.45, 2.75) is 64.6 Å². The van der Waals surface area contributed by atoms with Crippen LogP contribution < -0.4 is 10.2 Å². The van der Waals surface area contributed by atoms with E-state index in [0.717, 1.165) is 44.7 Å². The molecule has 0 unspecified atom stereocenters. The lowest BCUT2D eigenvalue weighted by molar-refractivity contribution is -0.120. The molecule has 192 valence electrons. The Hall–Kier alpha value is -2.16. The van der Waals surface area contributed by atoms with Gasteiger partial charge in [0.25, 0.3) is 5.91 Å². The Labute approximate surface area is 212 Å². The van der Waals surface area contributed by atoms with E-state index in [1.807, 2.05) is 4.90 Å². The quantitative estimate of drug-likeness (QED) is 0.608. The summed E-state index contributed by atoms with van der Waals surface area (Å²) in [6, 6.07) is 4.46. The molecule has 8 nitrogen and oxygen atoms in total. The van der Waals surface area contributed by atoms with Crippen LogP contribution in [0.25, 0.3) is 0 Å². The van der Waals surface area contributed by atoms with Crippen molar-refractivity contribution in [2.24, 2.45) is 5.92 Å². The highest BCUT2D eigenvalue weighted by Crippen LogP contribution is 2.30. The minimum absolute atomic E-state index is 0.0756. The fourth-order valence-electron chi connectivity index (χ4n) is 5.01. The minimum atomic E-state index is -0.517. The predicted octanol–water partition coefficient (Wildman–Crippen LogP) is 3.92. The number of likely N-dealkylation sites (tertiary alicyclic amines) is 2. The van der Waals surface area contributed by atoms with Crippen LogP contribution in [0, 0.1) is 5.92 Å². The Morgan fingerprint density at radius 3 is 2.34 bits per heavy atom. The summed E-state index contributed by atoms with van der Waals surface area (Å²) in [4.78, 5) is 42.7. The standard InChI is InChI=1S/C26H37ClN4O4/c1-18(2)5-11-29-12-6-20(7-13-29)35-21-8-14-30(15-9-21)25(33)19-3-4-22(27)23(17-19)31-16-10-24(32)28-26(31)34/h3-4,17-18,20-21H,5-16H2,1-2H3,(H,28,32,34). The third-order valence-corrected chi connectivity index (χ3v) is 7.53. The number of rotatable bonds is 7. The second-order valence-electron chi connectivity index (χ2n) is 10.3. The molecular formula is C26H37ClN4O4. The van der Waals surface area contributed by atoms with E-state index in [-0.39, 0.29) is 30.9 Å². The fraction of sp³-hybridized carbons (Fsp3) is 0.654. The smallest absolute Gasteiger partial charge is 0.328 e. The first-order valence-corrected chi connectivity index (χ1v) is 13.3. The first kappa shape index (κ1) is 25.9. The van der Waals surface area contributed by atoms with Crippen LogP contribution in [0.5, 0.6) is 0 Å². The van der Waals surface area contributed by atoms with Crippen molar-refractivity contribution in [2.75, 3.05) is 44.2 Å². The monoisotopic (exact) mass is 504 g/mol. The average molecular weight is 505 g/mol. The molecule has 3 saturated heterocycles. The maximum Gasteiger partial charge on any atom is 0.328 e. The second kappa shape index (κ2) is 11.7. The molecule has 0 aliphatic carbocycles. The first-order valence-electron chi connectivity index (χ1n) is 12.9. The number of urea groups is 1. The summed E-state index contributed by atoms with van der Waals surface area (Å²) in [7, 11) is 0. The van der Waals surface area contributed by atoms with Crippen molar-refractivity contribution >= 4 is 35.1 Å². The van der Waals surface area contributed by atoms with Crippen molar-refractivity contribution in [3.8, 4) is 0 Å². The topological polar surface area (TPSA) is 82.2 Å². The van der Waals surface area contributed by atoms with Gasteiger partial charge in [-0.1, -0.05) is 25.4 Å². The highest BCUT2D eigenvalue weighted by molar-refractivity contribution is 6.34. The van der Waals surface area contributed by atoms with Gasteiger partial charge in [-0.15, -0.1) is 0 Å². The molecule has 35 heavy (non-hydrogen) atoms. The van der Waals surface area contributed by atoms with E-state index in [2.05, 4.69) is 24.1 Å². The summed E-state index contributed by atoms with van der Waals surface area (Å²) in [6.45, 7) is 9.47. The van der Waals surface area contributed by atoms with Gasteiger partial charge >= 0.3 is 6.03 Å². The van der Waals surface area contributed by atoms with Gasteiger partial charge in [0.2, 0.25) is 5.91 Å². The minimum Gasteiger partial charge on any atom is -0.375 e. The van der Waals surface area contributed by atoms with Crippen molar-refractivity contribution in [3.63, 3.8) is 0 Å². The van der Waals surface area contributed by atoms with E-state index in [1.54, 1.807) is 18.2 Å². The zero-order chi connectivity index (χ0) is 24.9. The van der Waals surface area contributed by atoms with Crippen LogP contribution in [0.4, 0.5) is 10.5 Å². The molecule has 1 aromatic rings. The van der Waals surface area contributed by atoms with Crippen LogP contribution in [-0.4, -0.2) is 79.1 Å². The fourth-order valence-corrected chi connectivity index (χ4v) is 5.23. The van der Waals surface area contributed by atoms with E-state index in [1.165, 1.54) is 17.9 Å². The third-order valence-electron chi connectivity index (χ3n) is 7.21. The Morgan fingerprint density at radius 1 is 1.06 bits per heavy atom. The van der Waals surface area contributed by atoms with Gasteiger partial charge in [0.1, 0.15) is 0 Å². The van der Waals surface area contributed by atoms with Crippen LogP contribution >= 0.6 is 11.6 Å². The number of amides is 4. The summed E-state index contributed by atoms with van der Waals surface area (Å²) in [5, 5.41) is 2.66. The highest BCUT2D eigenvalue weighted by atomic mass is 35.5. The average Bonchev–Trinajstić information content (AvgIpc) is 2.84. The van der Waals surface area contributed by atoms with Crippen LogP contribution in [0.15, 0.2) is 18.2 Å². The molecule has 3 fully saturated rings. The lowest BCUT2D eigenvalue weighted by Crippen LogP contribution is -2.49. The number of benzene rings is 1. The van der Waals surface area contributed by atoms with Gasteiger partial charge in [0.05, 0.1) is 22.9 Å². The van der Waals surface area contributed by atoms with Gasteiger partial charge in [-0.3, -0.25) is 19.8 Å². The second-order valence-corrected chi connectivity index (χ2v) is 10.7. The van der Waals surface area contributed by atoms with E-state index < -0.39 is 6.03 Å². The molecule has 0 saturated carbocycles. The summed E-state index contributed by atoms with van der Waals surface area (Å²) < 4.78 is 6.41. The Morgan fingerprint density at radius 2 is 1.71 bits per heavy atom. The van der Waals surface area contributed by atoms with E-state index >= 15 is 0 Å². The van der Waals surface area contributed by atoms with Gasteiger partial charge in [-0.2, -0.15) is 0 Å². The Kier molecular flexibility index (Phi) is 8.68. The number of piperidine rings is 2. The number of anilines is 1. The SMILES string of the molecule is CC(C)CCN1CCC(OC2CCN(C(=O)c3ccc(Cl)c(N4CCC(=O)NC4=O)c3)CC2)CC1.